The van der Waals surface area contributed by atoms with Gasteiger partial charge < -0.3 is 75.5 Å². The Bertz CT molecular complexity index is 2280. The lowest BCUT2D eigenvalue weighted by molar-refractivity contribution is -0.0275. The number of ether oxygens (including phenoxy) is 3. The minimum Gasteiger partial charge on any atom is -0.508 e. The van der Waals surface area contributed by atoms with E-state index in [0.29, 0.717) is 0 Å². The maximum atomic E-state index is 13.7. The molecule has 7 rings (SSSR count). The van der Waals surface area contributed by atoms with E-state index >= 15 is 0 Å². The summed E-state index contributed by atoms with van der Waals surface area (Å²) in [6, 6.07) is 11.9. The Morgan fingerprint density at radius 2 is 1.13 bits per heavy atom. The summed E-state index contributed by atoms with van der Waals surface area (Å²) in [7, 11) is 0. The van der Waals surface area contributed by atoms with Crippen LogP contribution in [0.25, 0.3) is 0 Å². The summed E-state index contributed by atoms with van der Waals surface area (Å²) in [4.78, 5) is 13.7. The lowest BCUT2D eigenvalue weighted by atomic mass is 9.77. The van der Waals surface area contributed by atoms with Crippen LogP contribution in [0.2, 0.25) is 0 Å². The summed E-state index contributed by atoms with van der Waals surface area (Å²) in [6.07, 6.45) is -6.04. The van der Waals surface area contributed by atoms with Crippen molar-refractivity contribution < 1.29 is 80.3 Å². The Balaban J connectivity index is 1.41. The van der Waals surface area contributed by atoms with Crippen LogP contribution in [0, 0.1) is 0 Å². The summed E-state index contributed by atoms with van der Waals surface area (Å²) in [6.45, 7) is 0. The van der Waals surface area contributed by atoms with Crippen molar-refractivity contribution in [2.24, 2.45) is 0 Å². The van der Waals surface area contributed by atoms with Gasteiger partial charge in [-0.1, -0.05) is 12.1 Å². The van der Waals surface area contributed by atoms with E-state index < -0.39 is 105 Å². The van der Waals surface area contributed by atoms with E-state index in [1.165, 1.54) is 24.3 Å². The van der Waals surface area contributed by atoms with Crippen LogP contribution in [-0.4, -0.2) is 79.5 Å². The zero-order valence-corrected chi connectivity index (χ0v) is 26.9. The summed E-state index contributed by atoms with van der Waals surface area (Å²) < 4.78 is 18.0. The second kappa shape index (κ2) is 12.6. The van der Waals surface area contributed by atoms with E-state index in [1.807, 2.05) is 0 Å². The second-order valence-electron chi connectivity index (χ2n) is 12.6. The normalized spacial score (nSPS) is 20.4. The van der Waals surface area contributed by atoms with Gasteiger partial charge in [0.2, 0.25) is 0 Å². The summed E-state index contributed by atoms with van der Waals surface area (Å²) in [5.41, 5.74) is -0.810. The van der Waals surface area contributed by atoms with Crippen LogP contribution in [0.5, 0.6) is 74.7 Å². The molecule has 16 heteroatoms. The Hall–Kier alpha value is -7.07. The van der Waals surface area contributed by atoms with Crippen LogP contribution >= 0.6 is 0 Å². The van der Waals surface area contributed by atoms with Gasteiger partial charge in [-0.3, -0.25) is 0 Å². The third-order valence-corrected chi connectivity index (χ3v) is 9.21. The van der Waals surface area contributed by atoms with Gasteiger partial charge in [-0.15, -0.1) is 0 Å². The molecule has 2 aliphatic rings. The fraction of sp³-hybridized carbons (Fsp3) is 0.162. The van der Waals surface area contributed by atoms with Crippen molar-refractivity contribution >= 4 is 5.97 Å². The number of benzene rings is 5. The molecule has 0 bridgehead atoms. The standard InChI is InChI=1S/C37H30O16/c38-16-9-22(43)29-28(10-16)52-35(14-2-4-19(40)21(42)6-14)36(53-37(50)15-7-24(45)33(49)25(46)8-15)31(29)30-23(44)12-27-17(32(30)48)11-26(47)34(51-27)13-1-3-18(39)20(41)5-13/h1-10,12,26,31,34-36,38-49H,11H2/t26-,31+,34-,35+,36+/m0/s1. The highest BCUT2D eigenvalue weighted by Crippen LogP contribution is 2.57. The van der Waals surface area contributed by atoms with E-state index in [0.717, 1.165) is 42.5 Å². The predicted molar refractivity (Wildman–Crippen MR) is 178 cm³/mol. The smallest absolute Gasteiger partial charge is 0.338 e. The van der Waals surface area contributed by atoms with Gasteiger partial charge in [-0.2, -0.15) is 0 Å². The number of phenolic OH excluding ortho intramolecular Hbond substituents is 11. The molecule has 53 heavy (non-hydrogen) atoms. The third-order valence-electron chi connectivity index (χ3n) is 9.21. The molecular weight excluding hydrogens is 700 g/mol. The molecule has 2 aliphatic heterocycles. The number of esters is 1. The number of hydrogen-bond acceptors (Lipinski definition) is 16. The molecule has 0 radical (unpaired) electrons. The molecular formula is C37H30O16. The quantitative estimate of drug-likeness (QED) is 0.0899. The van der Waals surface area contributed by atoms with Crippen molar-refractivity contribution in [3.8, 4) is 74.7 Å². The first-order valence-corrected chi connectivity index (χ1v) is 15.8. The summed E-state index contributed by atoms with van der Waals surface area (Å²) >= 11 is 0. The lowest BCUT2D eigenvalue weighted by Gasteiger charge is -2.40. The molecule has 0 spiro atoms. The van der Waals surface area contributed by atoms with E-state index in [2.05, 4.69) is 0 Å². The first-order valence-electron chi connectivity index (χ1n) is 15.8. The van der Waals surface area contributed by atoms with E-state index in [-0.39, 0.29) is 45.7 Å². The maximum absolute atomic E-state index is 13.7. The average molecular weight is 731 g/mol. The van der Waals surface area contributed by atoms with Gasteiger partial charge >= 0.3 is 5.97 Å². The molecule has 5 aromatic carbocycles. The average Bonchev–Trinajstić information content (AvgIpc) is 3.10. The van der Waals surface area contributed by atoms with E-state index in [4.69, 9.17) is 14.2 Å². The zero-order chi connectivity index (χ0) is 38.0. The monoisotopic (exact) mass is 730 g/mol. The maximum Gasteiger partial charge on any atom is 0.338 e. The Morgan fingerprint density at radius 1 is 0.566 bits per heavy atom. The number of fused-ring (bicyclic) bond motifs is 2. The number of rotatable bonds is 5. The van der Waals surface area contributed by atoms with Crippen LogP contribution in [0.15, 0.2) is 66.7 Å². The van der Waals surface area contributed by atoms with Crippen molar-refractivity contribution in [3.05, 3.63) is 100 Å². The number of phenols is 11. The molecule has 16 nitrogen and oxygen atoms in total. The molecule has 0 aliphatic carbocycles. The number of carbonyl (C=O) groups is 1. The highest BCUT2D eigenvalue weighted by atomic mass is 16.6. The number of aromatic hydroxyl groups is 11. The van der Waals surface area contributed by atoms with Gasteiger partial charge in [0.05, 0.1) is 17.6 Å². The molecule has 5 atom stereocenters. The Kier molecular flexibility index (Phi) is 8.18. The SMILES string of the molecule is O=C(O[C@@H]1[C@@H](c2c(O)cc3c(c2O)C[C@H](O)[C@H](c2ccc(O)c(O)c2)O3)c2c(O)cc(O)cc2O[C@@H]1c1ccc(O)c(O)c1)c1cc(O)c(O)c(O)c1. The molecule has 0 aromatic heterocycles. The van der Waals surface area contributed by atoms with Gasteiger partial charge in [-0.05, 0) is 42.0 Å². The first kappa shape index (κ1) is 34.4. The number of carbonyl (C=O) groups excluding carboxylic acids is 1. The lowest BCUT2D eigenvalue weighted by Crippen LogP contribution is -2.39. The minimum atomic E-state index is -1.73. The van der Waals surface area contributed by atoms with Gasteiger partial charge in [0.25, 0.3) is 0 Å². The highest BCUT2D eigenvalue weighted by Gasteiger charge is 2.48. The van der Waals surface area contributed by atoms with Gasteiger partial charge in [-0.25, -0.2) is 4.79 Å². The Labute approximate surface area is 297 Å². The topological polar surface area (TPSA) is 288 Å². The second-order valence-corrected chi connectivity index (χ2v) is 12.6. The predicted octanol–water partition coefficient (Wildman–Crippen LogP) is 3.98. The van der Waals surface area contributed by atoms with E-state index in [1.54, 1.807) is 0 Å². The van der Waals surface area contributed by atoms with Crippen molar-refractivity contribution in [2.45, 2.75) is 36.8 Å². The minimum absolute atomic E-state index is 0.0341. The molecule has 274 valence electrons. The highest BCUT2D eigenvalue weighted by molar-refractivity contribution is 5.91. The molecule has 12 N–H and O–H groups in total. The zero-order valence-electron chi connectivity index (χ0n) is 26.9. The van der Waals surface area contributed by atoms with Crippen LogP contribution in [0.1, 0.15) is 56.3 Å². The largest absolute Gasteiger partial charge is 0.508 e. The van der Waals surface area contributed by atoms with Gasteiger partial charge in [0.15, 0.2) is 52.5 Å². The molecule has 2 heterocycles. The number of aliphatic hydroxyl groups excluding tert-OH is 1. The van der Waals surface area contributed by atoms with Crippen LogP contribution < -0.4 is 9.47 Å². The number of aliphatic hydroxyl groups is 1. The van der Waals surface area contributed by atoms with Crippen LogP contribution in [0.3, 0.4) is 0 Å². The fourth-order valence-corrected chi connectivity index (χ4v) is 6.72. The first-order chi connectivity index (χ1) is 25.1. The summed E-state index contributed by atoms with van der Waals surface area (Å²) in [5.74, 6) is -10.4. The van der Waals surface area contributed by atoms with Crippen LogP contribution in [-0.2, 0) is 11.2 Å². The summed E-state index contributed by atoms with van der Waals surface area (Å²) in [5, 5.41) is 127. The van der Waals surface area contributed by atoms with Crippen LogP contribution in [0.4, 0.5) is 0 Å². The van der Waals surface area contributed by atoms with Gasteiger partial charge in [0.1, 0.15) is 40.6 Å². The molecule has 0 saturated carbocycles. The molecule has 0 fully saturated rings. The van der Waals surface area contributed by atoms with Crippen molar-refractivity contribution in [3.63, 3.8) is 0 Å². The molecule has 5 aromatic rings. The molecule has 0 amide bonds. The van der Waals surface area contributed by atoms with Crippen molar-refractivity contribution in [1.29, 1.82) is 0 Å². The third kappa shape index (κ3) is 5.85. The fourth-order valence-electron chi connectivity index (χ4n) is 6.72. The Morgan fingerprint density at radius 3 is 1.74 bits per heavy atom. The van der Waals surface area contributed by atoms with Gasteiger partial charge in [0, 0.05) is 46.9 Å². The van der Waals surface area contributed by atoms with Crippen molar-refractivity contribution in [1.82, 2.24) is 0 Å². The van der Waals surface area contributed by atoms with Crippen molar-refractivity contribution in [2.75, 3.05) is 0 Å². The molecule has 0 unspecified atom stereocenters. The number of hydrogen-bond donors (Lipinski definition) is 12. The van der Waals surface area contributed by atoms with E-state index in [9.17, 15) is 66.1 Å². The molecule has 0 saturated heterocycles.